The van der Waals surface area contributed by atoms with Crippen LogP contribution >= 0.6 is 15.9 Å². The number of carbonyl (C=O) groups is 1. The maximum absolute atomic E-state index is 10.9. The summed E-state index contributed by atoms with van der Waals surface area (Å²) >= 11 is 3.28. The second-order valence-electron chi connectivity index (χ2n) is 4.16. The van der Waals surface area contributed by atoms with Crippen molar-refractivity contribution in [2.24, 2.45) is 5.41 Å². The van der Waals surface area contributed by atoms with Crippen molar-refractivity contribution in [3.8, 4) is 5.75 Å². The van der Waals surface area contributed by atoms with Crippen LogP contribution in [-0.2, 0) is 4.79 Å². The predicted molar refractivity (Wildman–Crippen MR) is 65.5 cm³/mol. The minimum absolute atomic E-state index is 0.0775. The van der Waals surface area contributed by atoms with Gasteiger partial charge in [-0.25, -0.2) is 0 Å². The monoisotopic (exact) mass is 287 g/mol. The van der Waals surface area contributed by atoms with E-state index in [2.05, 4.69) is 15.9 Å². The van der Waals surface area contributed by atoms with Crippen LogP contribution in [0.3, 0.4) is 0 Å². The quantitative estimate of drug-likeness (QED) is 0.835. The van der Waals surface area contributed by atoms with Crippen molar-refractivity contribution < 1.29 is 14.6 Å². The molecule has 0 heterocycles. The molecule has 0 aromatic heterocycles. The molecule has 88 valence electrons. The molecule has 0 spiro atoms. The lowest BCUT2D eigenvalue weighted by Crippen LogP contribution is -2.30. The Kier molecular flexibility index (Phi) is 3.80. The van der Waals surface area contributed by atoms with Crippen molar-refractivity contribution in [1.29, 1.82) is 0 Å². The summed E-state index contributed by atoms with van der Waals surface area (Å²) < 4.78 is 6.25. The fourth-order valence-corrected chi connectivity index (χ4v) is 1.35. The number of rotatable bonds is 4. The molecule has 0 unspecified atom stereocenters. The van der Waals surface area contributed by atoms with Crippen molar-refractivity contribution in [3.63, 3.8) is 0 Å². The van der Waals surface area contributed by atoms with E-state index in [4.69, 9.17) is 15.6 Å². The fourth-order valence-electron chi connectivity index (χ4n) is 0.971. The maximum Gasteiger partial charge on any atom is 0.312 e. The summed E-state index contributed by atoms with van der Waals surface area (Å²) in [5.74, 6) is -0.402. The Balaban J connectivity index is 2.72. The lowest BCUT2D eigenvalue weighted by Gasteiger charge is -2.20. The van der Waals surface area contributed by atoms with E-state index in [-0.39, 0.29) is 6.61 Å². The van der Waals surface area contributed by atoms with Gasteiger partial charge in [-0.15, -0.1) is 0 Å². The molecule has 4 nitrogen and oxygen atoms in total. The van der Waals surface area contributed by atoms with Gasteiger partial charge in [0.2, 0.25) is 0 Å². The molecule has 16 heavy (non-hydrogen) atoms. The third-order valence-corrected chi connectivity index (χ3v) is 2.63. The molecule has 0 aliphatic rings. The second kappa shape index (κ2) is 4.74. The van der Waals surface area contributed by atoms with Gasteiger partial charge in [0.1, 0.15) is 12.4 Å². The van der Waals surface area contributed by atoms with Crippen LogP contribution in [0.5, 0.6) is 5.75 Å². The van der Waals surface area contributed by atoms with Gasteiger partial charge in [-0.1, -0.05) is 15.9 Å². The first-order chi connectivity index (χ1) is 7.33. The Morgan fingerprint density at radius 3 is 2.69 bits per heavy atom. The largest absolute Gasteiger partial charge is 0.490 e. The number of nitrogen functional groups attached to an aromatic ring is 1. The van der Waals surface area contributed by atoms with Gasteiger partial charge in [-0.2, -0.15) is 0 Å². The molecule has 5 heteroatoms. The van der Waals surface area contributed by atoms with Crippen molar-refractivity contribution >= 4 is 27.6 Å². The Hall–Kier alpha value is -1.23. The second-order valence-corrected chi connectivity index (χ2v) is 5.08. The molecule has 0 aliphatic heterocycles. The van der Waals surface area contributed by atoms with Gasteiger partial charge in [0, 0.05) is 4.47 Å². The summed E-state index contributed by atoms with van der Waals surface area (Å²) in [5, 5.41) is 8.91. The average molecular weight is 288 g/mol. The molecule has 1 aromatic rings. The van der Waals surface area contributed by atoms with Gasteiger partial charge in [0.05, 0.1) is 11.1 Å². The first-order valence-electron chi connectivity index (χ1n) is 4.74. The van der Waals surface area contributed by atoms with Crippen LogP contribution in [0.25, 0.3) is 0 Å². The van der Waals surface area contributed by atoms with E-state index in [0.29, 0.717) is 11.4 Å². The molecule has 3 N–H and O–H groups in total. The number of hydrogen-bond acceptors (Lipinski definition) is 3. The van der Waals surface area contributed by atoms with Crippen LogP contribution in [0.2, 0.25) is 0 Å². The molecule has 0 amide bonds. The summed E-state index contributed by atoms with van der Waals surface area (Å²) in [7, 11) is 0. The third-order valence-electron chi connectivity index (χ3n) is 2.14. The minimum Gasteiger partial charge on any atom is -0.490 e. The van der Waals surface area contributed by atoms with Crippen molar-refractivity contribution in [1.82, 2.24) is 0 Å². The molecule has 0 bridgehead atoms. The summed E-state index contributed by atoms with van der Waals surface area (Å²) in [5.41, 5.74) is 5.28. The normalized spacial score (nSPS) is 11.2. The summed E-state index contributed by atoms with van der Waals surface area (Å²) in [6.07, 6.45) is 0. The van der Waals surface area contributed by atoms with E-state index in [1.54, 1.807) is 32.0 Å². The van der Waals surface area contributed by atoms with E-state index < -0.39 is 11.4 Å². The van der Waals surface area contributed by atoms with Crippen molar-refractivity contribution in [3.05, 3.63) is 22.7 Å². The fraction of sp³-hybridized carbons (Fsp3) is 0.364. The van der Waals surface area contributed by atoms with Crippen LogP contribution < -0.4 is 10.5 Å². The van der Waals surface area contributed by atoms with Crippen molar-refractivity contribution in [2.45, 2.75) is 13.8 Å². The molecule has 0 saturated heterocycles. The molecule has 0 saturated carbocycles. The van der Waals surface area contributed by atoms with E-state index in [9.17, 15) is 4.79 Å². The maximum atomic E-state index is 10.9. The highest BCUT2D eigenvalue weighted by Crippen LogP contribution is 2.27. The standard InChI is InChI=1S/C11H14BrNO3/c1-11(2,10(14)15)6-16-9-4-3-7(12)5-8(9)13/h3-5H,6,13H2,1-2H3,(H,14,15). The van der Waals surface area contributed by atoms with Crippen LogP contribution in [0.1, 0.15) is 13.8 Å². The van der Waals surface area contributed by atoms with Crippen LogP contribution in [0, 0.1) is 5.41 Å². The van der Waals surface area contributed by atoms with E-state index in [1.807, 2.05) is 0 Å². The topological polar surface area (TPSA) is 72.5 Å². The zero-order chi connectivity index (χ0) is 12.3. The van der Waals surface area contributed by atoms with E-state index in [1.165, 1.54) is 0 Å². The number of anilines is 1. The van der Waals surface area contributed by atoms with Gasteiger partial charge in [-0.05, 0) is 32.0 Å². The van der Waals surface area contributed by atoms with Gasteiger partial charge < -0.3 is 15.6 Å². The van der Waals surface area contributed by atoms with Crippen LogP contribution in [0.15, 0.2) is 22.7 Å². The zero-order valence-electron chi connectivity index (χ0n) is 9.16. The molecule has 1 rings (SSSR count). The van der Waals surface area contributed by atoms with Crippen molar-refractivity contribution in [2.75, 3.05) is 12.3 Å². The van der Waals surface area contributed by atoms with Crippen LogP contribution in [-0.4, -0.2) is 17.7 Å². The molecule has 0 atom stereocenters. The van der Waals surface area contributed by atoms with E-state index in [0.717, 1.165) is 4.47 Å². The number of halogens is 1. The van der Waals surface area contributed by atoms with Gasteiger partial charge in [-0.3, -0.25) is 4.79 Å². The van der Waals surface area contributed by atoms with Gasteiger partial charge in [0.25, 0.3) is 0 Å². The Morgan fingerprint density at radius 1 is 1.56 bits per heavy atom. The Bertz CT molecular complexity index is 404. The number of nitrogens with two attached hydrogens (primary N) is 1. The molecular formula is C11H14BrNO3. The smallest absolute Gasteiger partial charge is 0.312 e. The molecular weight excluding hydrogens is 274 g/mol. The lowest BCUT2D eigenvalue weighted by molar-refractivity contribution is -0.148. The summed E-state index contributed by atoms with van der Waals surface area (Å²) in [4.78, 5) is 10.9. The molecule has 0 aliphatic carbocycles. The number of benzene rings is 1. The summed E-state index contributed by atoms with van der Waals surface area (Å²) in [6, 6.07) is 5.21. The average Bonchev–Trinajstić information content (AvgIpc) is 2.16. The minimum atomic E-state index is -0.931. The lowest BCUT2D eigenvalue weighted by atomic mass is 9.95. The van der Waals surface area contributed by atoms with E-state index >= 15 is 0 Å². The number of carboxylic acids is 1. The van der Waals surface area contributed by atoms with Crippen LogP contribution in [0.4, 0.5) is 5.69 Å². The highest BCUT2D eigenvalue weighted by atomic mass is 79.9. The molecule has 1 aromatic carbocycles. The van der Waals surface area contributed by atoms with Gasteiger partial charge in [0.15, 0.2) is 0 Å². The summed E-state index contributed by atoms with van der Waals surface area (Å²) in [6.45, 7) is 3.28. The highest BCUT2D eigenvalue weighted by molar-refractivity contribution is 9.10. The molecule has 0 radical (unpaired) electrons. The number of carboxylic acid groups (broad SMARTS) is 1. The predicted octanol–water partition coefficient (Wildman–Crippen LogP) is 2.52. The SMILES string of the molecule is CC(C)(COc1ccc(Br)cc1N)C(=O)O. The molecule has 0 fully saturated rings. The number of aliphatic carboxylic acids is 1. The Labute approximate surface area is 103 Å². The Morgan fingerprint density at radius 2 is 2.19 bits per heavy atom. The first-order valence-corrected chi connectivity index (χ1v) is 5.53. The third kappa shape index (κ3) is 3.13. The zero-order valence-corrected chi connectivity index (χ0v) is 10.7. The highest BCUT2D eigenvalue weighted by Gasteiger charge is 2.28. The van der Waals surface area contributed by atoms with Gasteiger partial charge >= 0.3 is 5.97 Å². The number of hydrogen-bond donors (Lipinski definition) is 2. The number of ether oxygens (including phenoxy) is 1. The first kappa shape index (κ1) is 12.8.